The highest BCUT2D eigenvalue weighted by molar-refractivity contribution is 5.83. The number of hydrogen-bond acceptors (Lipinski definition) is 4. The van der Waals surface area contributed by atoms with Crippen molar-refractivity contribution in [1.29, 1.82) is 0 Å². The summed E-state index contributed by atoms with van der Waals surface area (Å²) in [5.41, 5.74) is 3.82. The number of ether oxygens (including phenoxy) is 2. The molecule has 0 radical (unpaired) electrons. The van der Waals surface area contributed by atoms with Crippen molar-refractivity contribution < 1.29 is 9.47 Å². The Morgan fingerprint density at radius 3 is 2.35 bits per heavy atom. The average Bonchev–Trinajstić information content (AvgIpc) is 3.33. The number of nitrogens with zero attached hydrogens (tertiary/aromatic N) is 2. The van der Waals surface area contributed by atoms with Crippen molar-refractivity contribution in [3.63, 3.8) is 0 Å². The Morgan fingerprint density at radius 1 is 0.853 bits per heavy atom. The first-order valence-corrected chi connectivity index (χ1v) is 12.2. The summed E-state index contributed by atoms with van der Waals surface area (Å²) in [6.45, 7) is 7.61. The monoisotopic (exact) mass is 455 g/mol. The number of aromatic nitrogens is 1. The van der Waals surface area contributed by atoms with Gasteiger partial charge in [0.2, 0.25) is 0 Å². The lowest BCUT2D eigenvalue weighted by Gasteiger charge is -2.37. The molecule has 176 valence electrons. The second-order valence-corrected chi connectivity index (χ2v) is 9.05. The third kappa shape index (κ3) is 4.90. The van der Waals surface area contributed by atoms with Crippen molar-refractivity contribution in [2.45, 2.75) is 19.3 Å². The minimum Gasteiger partial charge on any atom is -0.497 e. The molecule has 34 heavy (non-hydrogen) atoms. The summed E-state index contributed by atoms with van der Waals surface area (Å²) in [6.07, 6.45) is 3.35. The Bertz CT molecular complexity index is 1210. The number of nitrogens with one attached hydrogen (secondary N) is 1. The lowest BCUT2D eigenvalue weighted by Crippen LogP contribution is -2.46. The normalized spacial score (nSPS) is 15.4. The minimum absolute atomic E-state index is 0.535. The summed E-state index contributed by atoms with van der Waals surface area (Å²) in [6, 6.07) is 24.7. The highest BCUT2D eigenvalue weighted by atomic mass is 16.5. The Labute approximate surface area is 201 Å². The van der Waals surface area contributed by atoms with Gasteiger partial charge >= 0.3 is 0 Å². The Hall–Kier alpha value is -3.44. The molecule has 1 fully saturated rings. The van der Waals surface area contributed by atoms with Crippen LogP contribution in [0, 0.1) is 0 Å². The van der Waals surface area contributed by atoms with E-state index in [9.17, 15) is 0 Å². The van der Waals surface area contributed by atoms with Crippen LogP contribution in [-0.4, -0.2) is 49.7 Å². The molecule has 0 spiro atoms. The van der Waals surface area contributed by atoms with E-state index in [1.54, 1.807) is 7.11 Å². The number of fused-ring (bicyclic) bond motifs is 1. The molecule has 1 N–H and O–H groups in total. The van der Waals surface area contributed by atoms with E-state index in [1.807, 2.05) is 30.3 Å². The van der Waals surface area contributed by atoms with Crippen LogP contribution in [0.4, 0.5) is 5.69 Å². The first-order valence-electron chi connectivity index (χ1n) is 12.2. The van der Waals surface area contributed by atoms with E-state index in [-0.39, 0.29) is 0 Å². The molecule has 0 bridgehead atoms. The lowest BCUT2D eigenvalue weighted by atomic mass is 9.97. The molecular weight excluding hydrogens is 422 g/mol. The molecule has 2 heterocycles. The van der Waals surface area contributed by atoms with Crippen molar-refractivity contribution >= 4 is 16.6 Å². The molecule has 0 amide bonds. The van der Waals surface area contributed by atoms with Crippen molar-refractivity contribution in [1.82, 2.24) is 9.88 Å². The third-order valence-electron chi connectivity index (χ3n) is 6.90. The molecule has 5 nitrogen and oxygen atoms in total. The van der Waals surface area contributed by atoms with Gasteiger partial charge in [0.25, 0.3) is 0 Å². The predicted molar refractivity (Wildman–Crippen MR) is 139 cm³/mol. The first kappa shape index (κ1) is 22.4. The number of piperazine rings is 1. The molecule has 3 aromatic carbocycles. The molecule has 5 rings (SSSR count). The van der Waals surface area contributed by atoms with E-state index in [0.29, 0.717) is 5.92 Å². The number of benzene rings is 3. The predicted octanol–water partition coefficient (Wildman–Crippen LogP) is 6.28. The lowest BCUT2D eigenvalue weighted by molar-refractivity contribution is 0.249. The smallest absolute Gasteiger partial charge is 0.150 e. The fourth-order valence-corrected chi connectivity index (χ4v) is 4.82. The quantitative estimate of drug-likeness (QED) is 0.339. The van der Waals surface area contributed by atoms with Gasteiger partial charge in [-0.15, -0.1) is 0 Å². The summed E-state index contributed by atoms with van der Waals surface area (Å²) < 4.78 is 11.5. The molecule has 1 atom stereocenters. The molecule has 4 aromatic rings. The van der Waals surface area contributed by atoms with Crippen molar-refractivity contribution in [2.24, 2.45) is 0 Å². The topological polar surface area (TPSA) is 40.7 Å². The fourth-order valence-electron chi connectivity index (χ4n) is 4.82. The third-order valence-corrected chi connectivity index (χ3v) is 6.90. The zero-order valence-corrected chi connectivity index (χ0v) is 20.0. The van der Waals surface area contributed by atoms with E-state index in [4.69, 9.17) is 9.47 Å². The van der Waals surface area contributed by atoms with Gasteiger partial charge in [0.05, 0.1) is 12.8 Å². The van der Waals surface area contributed by atoms with E-state index in [2.05, 4.69) is 70.4 Å². The summed E-state index contributed by atoms with van der Waals surface area (Å²) in [7, 11) is 1.67. The number of methoxy groups -OCH3 is 1. The standard InChI is InChI=1S/C29H33N3O2/c1-22(26-21-30-27-8-4-3-7-25(26)27)15-16-31-17-19-32(20-18-31)28-9-5-6-10-29(28)34-24-13-11-23(33-2)12-14-24/h3-14,21-22,30H,15-20H2,1-2H3. The molecule has 5 heteroatoms. The maximum Gasteiger partial charge on any atom is 0.150 e. The SMILES string of the molecule is COc1ccc(Oc2ccccc2N2CCN(CCC(C)c3c[nH]c4ccccc34)CC2)cc1. The van der Waals surface area contributed by atoms with Crippen molar-refractivity contribution in [3.8, 4) is 17.2 Å². The van der Waals surface area contributed by atoms with Crippen LogP contribution in [0.25, 0.3) is 10.9 Å². The van der Waals surface area contributed by atoms with Gasteiger partial charge in [-0.1, -0.05) is 37.3 Å². The average molecular weight is 456 g/mol. The Morgan fingerprint density at radius 2 is 1.56 bits per heavy atom. The van der Waals surface area contributed by atoms with Gasteiger partial charge < -0.3 is 19.4 Å². The molecule has 1 aromatic heterocycles. The number of hydrogen-bond donors (Lipinski definition) is 1. The number of H-pyrrole nitrogens is 1. The molecule has 0 saturated carbocycles. The van der Waals surface area contributed by atoms with E-state index < -0.39 is 0 Å². The highest BCUT2D eigenvalue weighted by Gasteiger charge is 2.21. The van der Waals surface area contributed by atoms with Crippen LogP contribution in [0.1, 0.15) is 24.8 Å². The number of rotatable bonds is 8. The summed E-state index contributed by atoms with van der Waals surface area (Å²) in [4.78, 5) is 8.46. The Balaban J connectivity index is 1.17. The first-order chi connectivity index (χ1) is 16.7. The zero-order chi connectivity index (χ0) is 23.3. The van der Waals surface area contributed by atoms with Crippen molar-refractivity contribution in [2.75, 3.05) is 44.7 Å². The summed E-state index contributed by atoms with van der Waals surface area (Å²) in [5.74, 6) is 3.08. The number of para-hydroxylation sites is 3. The van der Waals surface area contributed by atoms with E-state index >= 15 is 0 Å². The zero-order valence-electron chi connectivity index (χ0n) is 20.0. The fraction of sp³-hybridized carbons (Fsp3) is 0.310. The van der Waals surface area contributed by atoms with Gasteiger partial charge in [-0.05, 0) is 66.9 Å². The largest absolute Gasteiger partial charge is 0.497 e. The molecule has 1 unspecified atom stereocenters. The second kappa shape index (κ2) is 10.2. The number of anilines is 1. The van der Waals surface area contributed by atoms with E-state index in [1.165, 1.54) is 22.9 Å². The highest BCUT2D eigenvalue weighted by Crippen LogP contribution is 2.34. The molecule has 1 aliphatic heterocycles. The van der Waals surface area contributed by atoms with Crippen LogP contribution >= 0.6 is 0 Å². The Kier molecular flexibility index (Phi) is 6.72. The van der Waals surface area contributed by atoms with Crippen LogP contribution in [0.5, 0.6) is 17.2 Å². The van der Waals surface area contributed by atoms with Gasteiger partial charge in [-0.3, -0.25) is 4.90 Å². The van der Waals surface area contributed by atoms with Gasteiger partial charge in [-0.2, -0.15) is 0 Å². The molecule has 0 aliphatic carbocycles. The summed E-state index contributed by atoms with van der Waals surface area (Å²) >= 11 is 0. The van der Waals surface area contributed by atoms with Gasteiger partial charge in [0.15, 0.2) is 5.75 Å². The maximum atomic E-state index is 6.23. The number of aromatic amines is 1. The van der Waals surface area contributed by atoms with Crippen LogP contribution in [0.3, 0.4) is 0 Å². The molecule has 1 aliphatic rings. The minimum atomic E-state index is 0.535. The van der Waals surface area contributed by atoms with E-state index in [0.717, 1.165) is 55.7 Å². The molecule has 1 saturated heterocycles. The van der Waals surface area contributed by atoms with Crippen LogP contribution in [-0.2, 0) is 0 Å². The maximum absolute atomic E-state index is 6.23. The summed E-state index contributed by atoms with van der Waals surface area (Å²) in [5, 5.41) is 1.35. The van der Waals surface area contributed by atoms with Crippen LogP contribution in [0.15, 0.2) is 79.0 Å². The second-order valence-electron chi connectivity index (χ2n) is 9.05. The van der Waals surface area contributed by atoms with Crippen LogP contribution in [0.2, 0.25) is 0 Å². The molecular formula is C29H33N3O2. The van der Waals surface area contributed by atoms with Gasteiger partial charge in [0, 0.05) is 43.3 Å². The van der Waals surface area contributed by atoms with Gasteiger partial charge in [-0.25, -0.2) is 0 Å². The van der Waals surface area contributed by atoms with Crippen LogP contribution < -0.4 is 14.4 Å². The van der Waals surface area contributed by atoms with Gasteiger partial charge in [0.1, 0.15) is 11.5 Å². The van der Waals surface area contributed by atoms with Crippen molar-refractivity contribution in [3.05, 3.63) is 84.6 Å².